The Bertz CT molecular complexity index is 1320. The third kappa shape index (κ3) is 4.75. The molecule has 8 nitrogen and oxygen atoms in total. The molecule has 2 atom stereocenters. The Labute approximate surface area is 205 Å². The van der Waals surface area contributed by atoms with Gasteiger partial charge in [0.25, 0.3) is 5.91 Å². The normalized spacial score (nSPS) is 18.8. The van der Waals surface area contributed by atoms with Crippen LogP contribution in [0.15, 0.2) is 30.3 Å². The van der Waals surface area contributed by atoms with Crippen LogP contribution in [0.25, 0.3) is 10.9 Å². The Morgan fingerprint density at radius 2 is 2.03 bits per heavy atom. The molecule has 1 aromatic heterocycles. The van der Waals surface area contributed by atoms with Gasteiger partial charge in [-0.1, -0.05) is 0 Å². The average Bonchev–Trinajstić information content (AvgIpc) is 3.32. The molecule has 3 aromatic rings. The van der Waals surface area contributed by atoms with Crippen molar-refractivity contribution in [3.05, 3.63) is 47.3 Å². The summed E-state index contributed by atoms with van der Waals surface area (Å²) in [7, 11) is 0. The number of benzene rings is 2. The van der Waals surface area contributed by atoms with Crippen molar-refractivity contribution in [1.29, 1.82) is 0 Å². The number of ether oxygens (including phenoxy) is 2. The van der Waals surface area contributed by atoms with Crippen LogP contribution in [0.4, 0.5) is 30.4 Å². The van der Waals surface area contributed by atoms with Crippen molar-refractivity contribution in [3.63, 3.8) is 0 Å². The molecule has 11 heteroatoms. The van der Waals surface area contributed by atoms with E-state index in [-0.39, 0.29) is 24.1 Å². The number of hydrogen-bond donors (Lipinski definition) is 2. The number of anilines is 3. The zero-order valence-electron chi connectivity index (χ0n) is 19.9. The summed E-state index contributed by atoms with van der Waals surface area (Å²) in [6.07, 6.45) is -3.64. The number of carbonyl (C=O) groups is 1. The van der Waals surface area contributed by atoms with Gasteiger partial charge in [0, 0.05) is 36.2 Å². The largest absolute Gasteiger partial charge is 0.481 e. The first-order chi connectivity index (χ1) is 17.1. The lowest BCUT2D eigenvalue weighted by Crippen LogP contribution is -2.41. The summed E-state index contributed by atoms with van der Waals surface area (Å²) in [5, 5.41) is 3.84. The molecule has 2 aromatic carbocycles. The van der Waals surface area contributed by atoms with Crippen LogP contribution >= 0.6 is 0 Å². The van der Waals surface area contributed by atoms with Gasteiger partial charge in [-0.05, 0) is 50.1 Å². The van der Waals surface area contributed by atoms with E-state index < -0.39 is 17.8 Å². The van der Waals surface area contributed by atoms with E-state index in [0.29, 0.717) is 59.3 Å². The summed E-state index contributed by atoms with van der Waals surface area (Å²) in [5.74, 6) is 1.54. The maximum atomic E-state index is 13.3. The number of hydrogen-bond acceptors (Lipinski definition) is 7. The van der Waals surface area contributed by atoms with Crippen LogP contribution in [0.2, 0.25) is 0 Å². The van der Waals surface area contributed by atoms with Gasteiger partial charge in [0.1, 0.15) is 17.4 Å². The number of halogens is 3. The fourth-order valence-electron chi connectivity index (χ4n) is 4.61. The molecule has 0 saturated carbocycles. The molecule has 2 aliphatic rings. The molecule has 2 aliphatic heterocycles. The van der Waals surface area contributed by atoms with Gasteiger partial charge in [-0.2, -0.15) is 13.2 Å². The van der Waals surface area contributed by atoms with Crippen LogP contribution in [0.3, 0.4) is 0 Å². The van der Waals surface area contributed by atoms with Crippen LogP contribution in [0, 0.1) is 12.8 Å². The number of fused-ring (bicyclic) bond motifs is 2. The molecule has 5 rings (SSSR count). The molecule has 36 heavy (non-hydrogen) atoms. The monoisotopic (exact) mass is 501 g/mol. The lowest BCUT2D eigenvalue weighted by atomic mass is 10.0. The van der Waals surface area contributed by atoms with Gasteiger partial charge >= 0.3 is 6.18 Å². The van der Waals surface area contributed by atoms with Crippen molar-refractivity contribution in [2.24, 2.45) is 5.92 Å². The summed E-state index contributed by atoms with van der Waals surface area (Å²) >= 11 is 0. The molecule has 3 heterocycles. The molecular weight excluding hydrogens is 475 g/mol. The van der Waals surface area contributed by atoms with Crippen molar-refractivity contribution in [2.75, 3.05) is 42.3 Å². The number of amides is 1. The van der Waals surface area contributed by atoms with Gasteiger partial charge < -0.3 is 25.4 Å². The molecule has 0 aliphatic carbocycles. The van der Waals surface area contributed by atoms with Crippen LogP contribution < -0.4 is 20.7 Å². The SMILES string of the molecule is Cc1nc(N[C@H](C)c2cc(N)cc(C(F)(F)F)c2)c2cc3c(cc2n1)OCC(=O)N3CC1CCOC1. The number of nitrogens with one attached hydrogen (secondary N) is 1. The molecule has 0 bridgehead atoms. The fourth-order valence-corrected chi connectivity index (χ4v) is 4.61. The Morgan fingerprint density at radius 3 is 2.75 bits per heavy atom. The van der Waals surface area contributed by atoms with Crippen molar-refractivity contribution in [1.82, 2.24) is 9.97 Å². The van der Waals surface area contributed by atoms with Crippen LogP contribution in [-0.4, -0.2) is 42.2 Å². The number of carbonyl (C=O) groups excluding carboxylic acids is 1. The highest BCUT2D eigenvalue weighted by atomic mass is 19.4. The maximum Gasteiger partial charge on any atom is 0.416 e. The second-order valence-electron chi connectivity index (χ2n) is 9.23. The molecule has 0 spiro atoms. The number of aryl methyl sites for hydroxylation is 1. The first-order valence-electron chi connectivity index (χ1n) is 11.7. The van der Waals surface area contributed by atoms with E-state index in [4.69, 9.17) is 15.2 Å². The predicted octanol–water partition coefficient (Wildman–Crippen LogP) is 4.47. The predicted molar refractivity (Wildman–Crippen MR) is 129 cm³/mol. The van der Waals surface area contributed by atoms with E-state index in [0.717, 1.165) is 18.6 Å². The van der Waals surface area contributed by atoms with Gasteiger partial charge in [-0.25, -0.2) is 9.97 Å². The summed E-state index contributed by atoms with van der Waals surface area (Å²) in [6.45, 7) is 5.18. The molecule has 1 fully saturated rings. The van der Waals surface area contributed by atoms with Crippen molar-refractivity contribution in [3.8, 4) is 5.75 Å². The Hall–Kier alpha value is -3.60. The first kappa shape index (κ1) is 24.1. The van der Waals surface area contributed by atoms with E-state index in [9.17, 15) is 18.0 Å². The van der Waals surface area contributed by atoms with Crippen molar-refractivity contribution < 1.29 is 27.4 Å². The van der Waals surface area contributed by atoms with E-state index in [1.165, 1.54) is 6.07 Å². The van der Waals surface area contributed by atoms with Gasteiger partial charge in [0.15, 0.2) is 6.61 Å². The minimum absolute atomic E-state index is 0.0217. The summed E-state index contributed by atoms with van der Waals surface area (Å²) in [6, 6.07) is 6.50. The van der Waals surface area contributed by atoms with Crippen LogP contribution in [-0.2, 0) is 15.7 Å². The summed E-state index contributed by atoms with van der Waals surface area (Å²) < 4.78 is 51.1. The lowest BCUT2D eigenvalue weighted by Gasteiger charge is -2.31. The van der Waals surface area contributed by atoms with Crippen LogP contribution in [0.1, 0.15) is 36.3 Å². The Morgan fingerprint density at radius 1 is 1.22 bits per heavy atom. The van der Waals surface area contributed by atoms with Crippen molar-refractivity contribution in [2.45, 2.75) is 32.5 Å². The minimum atomic E-state index is -4.51. The zero-order chi connectivity index (χ0) is 25.6. The number of nitrogens with two attached hydrogens (primary N) is 1. The Balaban J connectivity index is 1.53. The number of rotatable bonds is 5. The topological polar surface area (TPSA) is 103 Å². The van der Waals surface area contributed by atoms with Crippen molar-refractivity contribution >= 4 is 34.0 Å². The average molecular weight is 502 g/mol. The van der Waals surface area contributed by atoms with E-state index in [1.807, 2.05) is 0 Å². The van der Waals surface area contributed by atoms with E-state index in [2.05, 4.69) is 15.3 Å². The van der Waals surface area contributed by atoms with Gasteiger partial charge in [-0.3, -0.25) is 4.79 Å². The quantitative estimate of drug-likeness (QED) is 0.497. The number of nitrogens with zero attached hydrogens (tertiary/aromatic N) is 3. The second-order valence-corrected chi connectivity index (χ2v) is 9.23. The molecule has 1 saturated heterocycles. The van der Waals surface area contributed by atoms with Gasteiger partial charge in [0.05, 0.1) is 29.4 Å². The molecular formula is C25H26F3N5O3. The van der Waals surface area contributed by atoms with E-state index >= 15 is 0 Å². The van der Waals surface area contributed by atoms with E-state index in [1.54, 1.807) is 30.9 Å². The molecule has 1 unspecified atom stereocenters. The van der Waals surface area contributed by atoms with Gasteiger partial charge in [0.2, 0.25) is 0 Å². The Kier molecular flexibility index (Phi) is 6.11. The minimum Gasteiger partial charge on any atom is -0.481 e. The summed E-state index contributed by atoms with van der Waals surface area (Å²) in [4.78, 5) is 23.5. The molecule has 1 amide bonds. The second kappa shape index (κ2) is 9.12. The van der Waals surface area contributed by atoms with Gasteiger partial charge in [-0.15, -0.1) is 0 Å². The first-order valence-corrected chi connectivity index (χ1v) is 11.7. The number of alkyl halides is 3. The number of aromatic nitrogens is 2. The maximum absolute atomic E-state index is 13.3. The highest BCUT2D eigenvalue weighted by molar-refractivity contribution is 6.02. The molecule has 190 valence electrons. The zero-order valence-corrected chi connectivity index (χ0v) is 19.9. The third-order valence-corrected chi connectivity index (χ3v) is 6.45. The number of nitrogen functional groups attached to an aromatic ring is 1. The van der Waals surface area contributed by atoms with Crippen LogP contribution in [0.5, 0.6) is 5.75 Å². The lowest BCUT2D eigenvalue weighted by molar-refractivity contribution is -0.137. The fraction of sp³-hybridized carbons (Fsp3) is 0.400. The smallest absolute Gasteiger partial charge is 0.416 e. The summed E-state index contributed by atoms with van der Waals surface area (Å²) in [5.41, 5.74) is 6.54. The standard InChI is InChI=1S/C25H26F3N5O3/c1-13(16-5-17(25(26,27)28)7-18(29)6-16)30-24-19-8-21-22(9-20(19)31-14(2)32-24)36-12-23(34)33(21)10-15-3-4-35-11-15/h5-9,13,15H,3-4,10-12,29H2,1-2H3,(H,30,31,32)/t13-,15?/m1/s1. The highest BCUT2D eigenvalue weighted by Gasteiger charge is 2.32. The third-order valence-electron chi connectivity index (χ3n) is 6.45. The highest BCUT2D eigenvalue weighted by Crippen LogP contribution is 2.39. The molecule has 0 radical (unpaired) electrons. The molecule has 3 N–H and O–H groups in total.